The average molecular weight is 517 g/mol. The Labute approximate surface area is 219 Å². The summed E-state index contributed by atoms with van der Waals surface area (Å²) in [5.74, 6) is -1.13. The van der Waals surface area contributed by atoms with Gasteiger partial charge in [0.25, 0.3) is 0 Å². The number of amides is 2. The van der Waals surface area contributed by atoms with E-state index in [0.29, 0.717) is 29.1 Å². The van der Waals surface area contributed by atoms with Crippen molar-refractivity contribution < 1.29 is 19.1 Å². The number of aliphatic imine (C=N–C) groups is 1. The largest absolute Gasteiger partial charge is 0.465 e. The zero-order chi connectivity index (χ0) is 25.9. The summed E-state index contributed by atoms with van der Waals surface area (Å²) in [6.45, 7) is 3.31. The fraction of sp³-hybridized carbons (Fsp3) is 0.286. The maximum atomic E-state index is 13.1. The minimum atomic E-state index is -0.612. The number of hydrogen-bond donors (Lipinski definition) is 1. The molecule has 1 aromatic heterocycles. The Balaban J connectivity index is 1.40. The van der Waals surface area contributed by atoms with E-state index in [4.69, 9.17) is 9.73 Å². The molecule has 0 bridgehead atoms. The smallest absolute Gasteiger partial charge is 0.337 e. The third-order valence-corrected chi connectivity index (χ3v) is 7.64. The highest BCUT2D eigenvalue weighted by molar-refractivity contribution is 7.12. The van der Waals surface area contributed by atoms with Gasteiger partial charge in [0, 0.05) is 36.7 Å². The third kappa shape index (κ3) is 5.33. The van der Waals surface area contributed by atoms with E-state index in [1.54, 1.807) is 18.2 Å². The van der Waals surface area contributed by atoms with Gasteiger partial charge >= 0.3 is 5.97 Å². The molecule has 0 radical (unpaired) electrons. The number of rotatable bonds is 6. The lowest BCUT2D eigenvalue weighted by atomic mass is 9.93. The van der Waals surface area contributed by atoms with Gasteiger partial charge in [0.2, 0.25) is 11.8 Å². The van der Waals surface area contributed by atoms with Crippen molar-refractivity contribution >= 4 is 46.2 Å². The van der Waals surface area contributed by atoms with Crippen LogP contribution in [0.3, 0.4) is 0 Å². The summed E-state index contributed by atoms with van der Waals surface area (Å²) < 4.78 is 4.81. The second-order valence-electron chi connectivity index (χ2n) is 9.22. The minimum absolute atomic E-state index is 0.134. The third-order valence-electron chi connectivity index (χ3n) is 6.75. The van der Waals surface area contributed by atoms with Crippen LogP contribution in [0.15, 0.2) is 65.0 Å². The molecule has 1 atom stereocenters. The summed E-state index contributed by atoms with van der Waals surface area (Å²) in [6, 6.07) is 16.6. The van der Waals surface area contributed by atoms with Gasteiger partial charge in [0.1, 0.15) is 5.92 Å². The molecule has 8 nitrogen and oxygen atoms in total. The molecule has 5 rings (SSSR count). The number of thiophene rings is 1. The molecule has 190 valence electrons. The summed E-state index contributed by atoms with van der Waals surface area (Å²) in [5, 5.41) is 4.84. The minimum Gasteiger partial charge on any atom is -0.465 e. The Kier molecular flexibility index (Phi) is 7.16. The predicted octanol–water partition coefficient (Wildman–Crippen LogP) is 3.71. The molecule has 1 fully saturated rings. The molecule has 0 aliphatic carbocycles. The van der Waals surface area contributed by atoms with Crippen LogP contribution in [0.25, 0.3) is 0 Å². The fourth-order valence-corrected chi connectivity index (χ4v) is 5.38. The molecule has 0 spiro atoms. The quantitative estimate of drug-likeness (QED) is 0.399. The van der Waals surface area contributed by atoms with E-state index in [2.05, 4.69) is 17.3 Å². The Morgan fingerprint density at radius 1 is 1.08 bits per heavy atom. The second-order valence-corrected chi connectivity index (χ2v) is 10.2. The van der Waals surface area contributed by atoms with Crippen LogP contribution in [-0.2, 0) is 20.7 Å². The van der Waals surface area contributed by atoms with Gasteiger partial charge in [-0.25, -0.2) is 4.79 Å². The maximum absolute atomic E-state index is 13.1. The van der Waals surface area contributed by atoms with Gasteiger partial charge in [-0.2, -0.15) is 0 Å². The molecule has 1 saturated heterocycles. The molecule has 2 aliphatic rings. The molecular weight excluding hydrogens is 488 g/mol. The van der Waals surface area contributed by atoms with Crippen LogP contribution in [0.2, 0.25) is 0 Å². The first-order chi connectivity index (χ1) is 17.9. The molecule has 2 aliphatic heterocycles. The van der Waals surface area contributed by atoms with E-state index in [-0.39, 0.29) is 11.8 Å². The van der Waals surface area contributed by atoms with E-state index >= 15 is 0 Å². The number of nitrogens with one attached hydrogen (secondary N) is 1. The summed E-state index contributed by atoms with van der Waals surface area (Å²) in [7, 11) is 3.39. The zero-order valence-corrected chi connectivity index (χ0v) is 21.6. The molecule has 1 unspecified atom stereocenters. The molecule has 37 heavy (non-hydrogen) atoms. The van der Waals surface area contributed by atoms with Gasteiger partial charge in [0.15, 0.2) is 0 Å². The number of carbonyl (C=O) groups excluding carboxylic acids is 3. The summed E-state index contributed by atoms with van der Waals surface area (Å²) in [5.41, 5.74) is 3.99. The first kappa shape index (κ1) is 24.9. The molecule has 2 amide bonds. The molecule has 2 aromatic carbocycles. The molecule has 3 aromatic rings. The summed E-state index contributed by atoms with van der Waals surface area (Å²) >= 11 is 1.51. The zero-order valence-electron chi connectivity index (χ0n) is 20.8. The number of fused-ring (bicyclic) bond motifs is 1. The molecule has 9 heteroatoms. The molecule has 1 N–H and O–H groups in total. The topological polar surface area (TPSA) is 91.3 Å². The molecular formula is C28H28N4O4S. The van der Waals surface area contributed by atoms with E-state index in [9.17, 15) is 14.4 Å². The first-order valence-electron chi connectivity index (χ1n) is 12.1. The van der Waals surface area contributed by atoms with Crippen molar-refractivity contribution in [3.63, 3.8) is 0 Å². The van der Waals surface area contributed by atoms with Crippen molar-refractivity contribution in [1.82, 2.24) is 9.80 Å². The highest BCUT2D eigenvalue weighted by atomic mass is 32.1. The highest BCUT2D eigenvalue weighted by Crippen LogP contribution is 2.37. The van der Waals surface area contributed by atoms with Crippen molar-refractivity contribution in [3.8, 4) is 0 Å². The number of benzene rings is 2. The SMILES string of the molecule is COC(=O)c1ccc2c(c1)NC(=O)C2C(=Nc1ccc(CC(=O)N2CCN(C)CC2)cc1)c1cccs1. The predicted molar refractivity (Wildman–Crippen MR) is 144 cm³/mol. The number of esters is 1. The number of methoxy groups -OCH3 is 1. The van der Waals surface area contributed by atoms with Crippen molar-refractivity contribution in [2.45, 2.75) is 12.3 Å². The van der Waals surface area contributed by atoms with Gasteiger partial charge in [-0.05, 0) is 53.9 Å². The lowest BCUT2D eigenvalue weighted by molar-refractivity contribution is -0.132. The van der Waals surface area contributed by atoms with E-state index in [1.165, 1.54) is 18.4 Å². The average Bonchev–Trinajstić information content (AvgIpc) is 3.55. The van der Waals surface area contributed by atoms with Gasteiger partial charge < -0.3 is 19.9 Å². The van der Waals surface area contributed by atoms with E-state index in [1.807, 2.05) is 46.7 Å². The summed E-state index contributed by atoms with van der Waals surface area (Å²) in [4.78, 5) is 47.7. The molecule has 0 saturated carbocycles. The molecule has 3 heterocycles. The number of carbonyl (C=O) groups is 3. The van der Waals surface area contributed by atoms with Crippen LogP contribution in [0, 0.1) is 0 Å². The Morgan fingerprint density at radius 3 is 2.51 bits per heavy atom. The van der Waals surface area contributed by atoms with Gasteiger partial charge in [-0.3, -0.25) is 14.6 Å². The van der Waals surface area contributed by atoms with Crippen LogP contribution < -0.4 is 5.32 Å². The van der Waals surface area contributed by atoms with Crippen molar-refractivity contribution in [2.24, 2.45) is 4.99 Å². The standard InChI is InChI=1S/C28H28N4O4S/c1-31-11-13-32(14-12-31)24(33)16-18-5-8-20(9-6-18)29-26(23-4-3-15-37-23)25-21-10-7-19(28(35)36-2)17-22(21)30-27(25)34/h3-10,15,17,25H,11-14,16H2,1-2H3,(H,30,34). The lowest BCUT2D eigenvalue weighted by Gasteiger charge is -2.32. The number of anilines is 1. The van der Waals surface area contributed by atoms with E-state index in [0.717, 1.165) is 42.2 Å². The van der Waals surface area contributed by atoms with Gasteiger partial charge in [-0.1, -0.05) is 24.3 Å². The summed E-state index contributed by atoms with van der Waals surface area (Å²) in [6.07, 6.45) is 0.354. The Hall–Kier alpha value is -3.82. The van der Waals surface area contributed by atoms with Crippen LogP contribution >= 0.6 is 11.3 Å². The van der Waals surface area contributed by atoms with Crippen LogP contribution in [0.4, 0.5) is 11.4 Å². The lowest BCUT2D eigenvalue weighted by Crippen LogP contribution is -2.47. The monoisotopic (exact) mass is 516 g/mol. The number of piperazine rings is 1. The second kappa shape index (κ2) is 10.7. The first-order valence-corrected chi connectivity index (χ1v) is 13.0. The highest BCUT2D eigenvalue weighted by Gasteiger charge is 2.36. The van der Waals surface area contributed by atoms with Gasteiger partial charge in [-0.15, -0.1) is 11.3 Å². The fourth-order valence-electron chi connectivity index (χ4n) is 4.63. The van der Waals surface area contributed by atoms with Crippen molar-refractivity contribution in [1.29, 1.82) is 0 Å². The number of nitrogens with zero attached hydrogens (tertiary/aromatic N) is 3. The van der Waals surface area contributed by atoms with E-state index < -0.39 is 11.9 Å². The normalized spacial score (nSPS) is 17.9. The van der Waals surface area contributed by atoms with Crippen LogP contribution in [0.5, 0.6) is 0 Å². The number of likely N-dealkylation sites (N-methyl/N-ethyl adjacent to an activating group) is 1. The van der Waals surface area contributed by atoms with Crippen molar-refractivity contribution in [3.05, 3.63) is 81.5 Å². The Morgan fingerprint density at radius 2 is 1.84 bits per heavy atom. The number of ether oxygens (including phenoxy) is 1. The van der Waals surface area contributed by atoms with Crippen LogP contribution in [0.1, 0.15) is 32.3 Å². The Bertz CT molecular complexity index is 1340. The van der Waals surface area contributed by atoms with Crippen molar-refractivity contribution in [2.75, 3.05) is 45.7 Å². The number of hydrogen-bond acceptors (Lipinski definition) is 7. The van der Waals surface area contributed by atoms with Gasteiger partial charge in [0.05, 0.1) is 30.5 Å². The van der Waals surface area contributed by atoms with Crippen LogP contribution in [-0.4, -0.2) is 73.6 Å². The maximum Gasteiger partial charge on any atom is 0.337 e.